The maximum Gasteiger partial charge on any atom is 0.261 e. The molecular formula is C20H21NO2S. The minimum Gasteiger partial charge on any atom is -0.491 e. The van der Waals surface area contributed by atoms with Crippen LogP contribution < -0.4 is 10.1 Å². The van der Waals surface area contributed by atoms with Gasteiger partial charge in [-0.3, -0.25) is 4.79 Å². The highest BCUT2D eigenvalue weighted by atomic mass is 32.1. The van der Waals surface area contributed by atoms with E-state index in [0.717, 1.165) is 31.8 Å². The lowest BCUT2D eigenvalue weighted by atomic mass is 10.1. The second-order valence-electron chi connectivity index (χ2n) is 6.05. The van der Waals surface area contributed by atoms with E-state index in [4.69, 9.17) is 4.74 Å². The molecule has 0 saturated heterocycles. The van der Waals surface area contributed by atoms with Crippen molar-refractivity contribution in [2.45, 2.75) is 26.8 Å². The number of carbonyl (C=O) groups is 1. The Labute approximate surface area is 146 Å². The maximum absolute atomic E-state index is 12.4. The second kappa shape index (κ2) is 7.05. The fraction of sp³-hybridized carbons (Fsp3) is 0.250. The van der Waals surface area contributed by atoms with Crippen molar-refractivity contribution in [2.75, 3.05) is 6.61 Å². The van der Waals surface area contributed by atoms with E-state index in [1.165, 1.54) is 11.3 Å². The van der Waals surface area contributed by atoms with E-state index >= 15 is 0 Å². The van der Waals surface area contributed by atoms with Crippen LogP contribution >= 0.6 is 11.3 Å². The number of carbonyl (C=O) groups excluding carboxylic acids is 1. The highest BCUT2D eigenvalue weighted by Crippen LogP contribution is 2.25. The number of thiophene rings is 1. The quantitative estimate of drug-likeness (QED) is 0.731. The van der Waals surface area contributed by atoms with Crippen LogP contribution in [0.3, 0.4) is 0 Å². The zero-order chi connectivity index (χ0) is 17.1. The minimum absolute atomic E-state index is 0.0474. The van der Waals surface area contributed by atoms with Gasteiger partial charge in [0.15, 0.2) is 0 Å². The van der Waals surface area contributed by atoms with Crippen LogP contribution in [0, 0.1) is 13.8 Å². The Kier molecular flexibility index (Phi) is 4.86. The Balaban J connectivity index is 1.62. The van der Waals surface area contributed by atoms with Gasteiger partial charge in [0.05, 0.1) is 10.9 Å². The normalized spacial score (nSPS) is 12.1. The fourth-order valence-corrected chi connectivity index (χ4v) is 3.63. The predicted molar refractivity (Wildman–Crippen MR) is 100 cm³/mol. The standard InChI is InChI=1S/C20H21NO2S/c1-13-7-6-8-14(2)19(13)23-12-15(3)21-20(22)18-11-16-9-4-5-10-17(16)24-18/h4-11,15H,12H2,1-3H3,(H,21,22). The largest absolute Gasteiger partial charge is 0.491 e. The number of nitrogens with one attached hydrogen (secondary N) is 1. The number of fused-ring (bicyclic) bond motifs is 1. The first-order valence-electron chi connectivity index (χ1n) is 8.03. The Bertz CT molecular complexity index is 816. The summed E-state index contributed by atoms with van der Waals surface area (Å²) in [5.41, 5.74) is 2.22. The van der Waals surface area contributed by atoms with Gasteiger partial charge < -0.3 is 10.1 Å². The van der Waals surface area contributed by atoms with Crippen molar-refractivity contribution in [3.8, 4) is 5.75 Å². The zero-order valence-electron chi connectivity index (χ0n) is 14.1. The van der Waals surface area contributed by atoms with Gasteiger partial charge in [0.1, 0.15) is 12.4 Å². The van der Waals surface area contributed by atoms with Gasteiger partial charge in [0.2, 0.25) is 0 Å². The van der Waals surface area contributed by atoms with Gasteiger partial charge >= 0.3 is 0 Å². The molecule has 3 rings (SSSR count). The molecule has 1 unspecified atom stereocenters. The molecule has 0 radical (unpaired) electrons. The minimum atomic E-state index is -0.0679. The molecule has 1 N–H and O–H groups in total. The van der Waals surface area contributed by atoms with E-state index in [1.54, 1.807) is 0 Å². The van der Waals surface area contributed by atoms with Crippen molar-refractivity contribution in [3.05, 3.63) is 64.5 Å². The first kappa shape index (κ1) is 16.5. The summed E-state index contributed by atoms with van der Waals surface area (Å²) in [6, 6.07) is 16.0. The smallest absolute Gasteiger partial charge is 0.261 e. The summed E-state index contributed by atoms with van der Waals surface area (Å²) in [6.07, 6.45) is 0. The zero-order valence-corrected chi connectivity index (χ0v) is 14.9. The van der Waals surface area contributed by atoms with Gasteiger partial charge in [-0.25, -0.2) is 0 Å². The second-order valence-corrected chi connectivity index (χ2v) is 7.14. The SMILES string of the molecule is Cc1cccc(C)c1OCC(C)NC(=O)c1cc2ccccc2s1. The maximum atomic E-state index is 12.4. The summed E-state index contributed by atoms with van der Waals surface area (Å²) < 4.78 is 7.04. The monoisotopic (exact) mass is 339 g/mol. The lowest BCUT2D eigenvalue weighted by molar-refractivity contribution is 0.0930. The van der Waals surface area contributed by atoms with Gasteiger partial charge in [-0.2, -0.15) is 0 Å². The molecule has 1 atom stereocenters. The number of hydrogen-bond acceptors (Lipinski definition) is 3. The molecule has 4 heteroatoms. The van der Waals surface area contributed by atoms with Gasteiger partial charge in [-0.15, -0.1) is 11.3 Å². The van der Waals surface area contributed by atoms with E-state index in [1.807, 2.05) is 69.3 Å². The molecule has 1 heterocycles. The molecule has 0 spiro atoms. The molecule has 24 heavy (non-hydrogen) atoms. The lowest BCUT2D eigenvalue weighted by Crippen LogP contribution is -2.36. The average molecular weight is 339 g/mol. The summed E-state index contributed by atoms with van der Waals surface area (Å²) >= 11 is 1.51. The molecule has 0 saturated carbocycles. The molecule has 0 aliphatic heterocycles. The van der Waals surface area contributed by atoms with Crippen molar-refractivity contribution >= 4 is 27.3 Å². The van der Waals surface area contributed by atoms with Crippen molar-refractivity contribution in [3.63, 3.8) is 0 Å². The molecule has 0 bridgehead atoms. The van der Waals surface area contributed by atoms with Crippen molar-refractivity contribution in [1.29, 1.82) is 0 Å². The first-order valence-corrected chi connectivity index (χ1v) is 8.84. The van der Waals surface area contributed by atoms with Crippen LogP contribution in [0.1, 0.15) is 27.7 Å². The molecule has 0 aliphatic carbocycles. The third-order valence-corrected chi connectivity index (χ3v) is 5.03. The van der Waals surface area contributed by atoms with Crippen molar-refractivity contribution in [2.24, 2.45) is 0 Å². The number of aryl methyl sites for hydroxylation is 2. The first-order chi connectivity index (χ1) is 11.5. The molecular weight excluding hydrogens is 318 g/mol. The van der Waals surface area contributed by atoms with E-state index in [9.17, 15) is 4.79 Å². The molecule has 2 aromatic carbocycles. The number of rotatable bonds is 5. The molecule has 3 nitrogen and oxygen atoms in total. The van der Waals surface area contributed by atoms with Crippen molar-refractivity contribution < 1.29 is 9.53 Å². The molecule has 0 aliphatic rings. The Hall–Kier alpha value is -2.33. The van der Waals surface area contributed by atoms with Crippen molar-refractivity contribution in [1.82, 2.24) is 5.32 Å². The van der Waals surface area contributed by atoms with Crippen LogP contribution in [0.4, 0.5) is 0 Å². The van der Waals surface area contributed by atoms with E-state index < -0.39 is 0 Å². The van der Waals surface area contributed by atoms with Crippen LogP contribution in [0.15, 0.2) is 48.5 Å². The van der Waals surface area contributed by atoms with Crippen LogP contribution in [0.5, 0.6) is 5.75 Å². The fourth-order valence-electron chi connectivity index (χ4n) is 2.67. The summed E-state index contributed by atoms with van der Waals surface area (Å²) in [5.74, 6) is 0.856. The Morgan fingerprint density at radius 1 is 1.12 bits per heavy atom. The number of para-hydroxylation sites is 1. The van der Waals surface area contributed by atoms with Gasteiger partial charge in [0, 0.05) is 4.70 Å². The molecule has 1 amide bonds. The third kappa shape index (κ3) is 3.60. The predicted octanol–water partition coefficient (Wildman–Crippen LogP) is 4.72. The summed E-state index contributed by atoms with van der Waals surface area (Å²) in [7, 11) is 0. The number of amides is 1. The highest BCUT2D eigenvalue weighted by molar-refractivity contribution is 7.20. The number of benzene rings is 2. The van der Waals surface area contributed by atoms with Crippen LogP contribution in [-0.2, 0) is 0 Å². The van der Waals surface area contributed by atoms with Gasteiger partial charge in [-0.05, 0) is 49.4 Å². The molecule has 0 fully saturated rings. The highest BCUT2D eigenvalue weighted by Gasteiger charge is 2.14. The third-order valence-electron chi connectivity index (χ3n) is 3.91. The van der Waals surface area contributed by atoms with Crippen LogP contribution in [-0.4, -0.2) is 18.6 Å². The Morgan fingerprint density at radius 3 is 2.54 bits per heavy atom. The Morgan fingerprint density at radius 2 is 1.83 bits per heavy atom. The van der Waals surface area contributed by atoms with E-state index in [-0.39, 0.29) is 11.9 Å². The summed E-state index contributed by atoms with van der Waals surface area (Å²) in [4.78, 5) is 13.1. The van der Waals surface area contributed by atoms with E-state index in [2.05, 4.69) is 5.32 Å². The van der Waals surface area contributed by atoms with Crippen LogP contribution in [0.2, 0.25) is 0 Å². The average Bonchev–Trinajstić information content (AvgIpc) is 2.98. The van der Waals surface area contributed by atoms with Gasteiger partial charge in [0.25, 0.3) is 5.91 Å². The lowest BCUT2D eigenvalue weighted by Gasteiger charge is -2.17. The molecule has 3 aromatic rings. The molecule has 1 aromatic heterocycles. The summed E-state index contributed by atoms with van der Waals surface area (Å²) in [5, 5.41) is 4.12. The number of hydrogen-bond donors (Lipinski definition) is 1. The summed E-state index contributed by atoms with van der Waals surface area (Å²) in [6.45, 7) is 6.47. The van der Waals surface area contributed by atoms with E-state index in [0.29, 0.717) is 6.61 Å². The topological polar surface area (TPSA) is 38.3 Å². The number of ether oxygens (including phenoxy) is 1. The van der Waals surface area contributed by atoms with Gasteiger partial charge in [-0.1, -0.05) is 36.4 Å². The molecule has 124 valence electrons. The van der Waals surface area contributed by atoms with Crippen LogP contribution in [0.25, 0.3) is 10.1 Å².